The summed E-state index contributed by atoms with van der Waals surface area (Å²) in [6.07, 6.45) is 0. The zero-order valence-corrected chi connectivity index (χ0v) is 17.4. The highest BCUT2D eigenvalue weighted by Crippen LogP contribution is 2.49. The topological polar surface area (TPSA) is 76.2 Å². The number of methoxy groups -OCH3 is 1. The van der Waals surface area contributed by atoms with Crippen LogP contribution in [0.15, 0.2) is 48.5 Å². The molecule has 0 spiro atoms. The van der Waals surface area contributed by atoms with Crippen LogP contribution < -0.4 is 14.8 Å². The molecule has 6 nitrogen and oxygen atoms in total. The summed E-state index contributed by atoms with van der Waals surface area (Å²) < 4.78 is 11.9. The van der Waals surface area contributed by atoms with Gasteiger partial charge in [-0.3, -0.25) is 9.89 Å². The summed E-state index contributed by atoms with van der Waals surface area (Å²) in [5, 5.41) is 9.86. The molecule has 0 radical (unpaired) electrons. The van der Waals surface area contributed by atoms with Crippen LogP contribution in [0.5, 0.6) is 11.5 Å². The Labute approximate surface area is 174 Å². The van der Waals surface area contributed by atoms with Gasteiger partial charge in [-0.15, -0.1) is 11.8 Å². The summed E-state index contributed by atoms with van der Waals surface area (Å²) in [7, 11) is 1.64. The highest BCUT2D eigenvalue weighted by atomic mass is 32.2. The van der Waals surface area contributed by atoms with Gasteiger partial charge in [0.2, 0.25) is 5.91 Å². The van der Waals surface area contributed by atoms with Crippen molar-refractivity contribution in [3.05, 3.63) is 70.9 Å². The molecule has 2 unspecified atom stereocenters. The number of rotatable bonds is 5. The van der Waals surface area contributed by atoms with Gasteiger partial charge in [-0.2, -0.15) is 5.10 Å². The van der Waals surface area contributed by atoms with Crippen molar-refractivity contribution in [2.45, 2.75) is 31.0 Å². The van der Waals surface area contributed by atoms with Crippen LogP contribution in [0, 0.1) is 6.92 Å². The molecular formula is C22H23N3O3S. The molecule has 29 heavy (non-hydrogen) atoms. The van der Waals surface area contributed by atoms with E-state index in [1.807, 2.05) is 62.4 Å². The number of anilines is 1. The number of aryl methyl sites for hydroxylation is 1. The molecule has 1 aliphatic rings. The SMILES string of the molecule is COc1cccc(C2SC(C)C(=O)Nc3n[nH]c(C)c32)c1OCc1ccccc1. The molecule has 4 rings (SSSR count). The molecule has 2 N–H and O–H groups in total. The van der Waals surface area contributed by atoms with E-state index >= 15 is 0 Å². The zero-order valence-electron chi connectivity index (χ0n) is 16.6. The van der Waals surface area contributed by atoms with E-state index in [1.165, 1.54) is 0 Å². The Balaban J connectivity index is 1.77. The number of amides is 1. The van der Waals surface area contributed by atoms with Crippen molar-refractivity contribution in [2.24, 2.45) is 0 Å². The van der Waals surface area contributed by atoms with Crippen molar-refractivity contribution in [1.29, 1.82) is 0 Å². The van der Waals surface area contributed by atoms with Crippen LogP contribution in [0.3, 0.4) is 0 Å². The van der Waals surface area contributed by atoms with Crippen LogP contribution in [0.2, 0.25) is 0 Å². The third kappa shape index (κ3) is 3.82. The first-order valence-electron chi connectivity index (χ1n) is 9.43. The van der Waals surface area contributed by atoms with Crippen LogP contribution in [-0.4, -0.2) is 28.5 Å². The largest absolute Gasteiger partial charge is 0.493 e. The molecule has 3 aromatic rings. The summed E-state index contributed by atoms with van der Waals surface area (Å²) in [6, 6.07) is 15.9. The van der Waals surface area contributed by atoms with Crippen LogP contribution >= 0.6 is 11.8 Å². The lowest BCUT2D eigenvalue weighted by Crippen LogP contribution is -2.21. The van der Waals surface area contributed by atoms with Gasteiger partial charge in [-0.05, 0) is 25.5 Å². The van der Waals surface area contributed by atoms with Crippen molar-refractivity contribution in [3.8, 4) is 11.5 Å². The molecule has 7 heteroatoms. The minimum atomic E-state index is -0.234. The fourth-order valence-corrected chi connectivity index (χ4v) is 4.77. The van der Waals surface area contributed by atoms with Gasteiger partial charge in [0.25, 0.3) is 0 Å². The minimum absolute atomic E-state index is 0.0556. The normalized spacial score (nSPS) is 18.5. The summed E-state index contributed by atoms with van der Waals surface area (Å²) >= 11 is 1.58. The summed E-state index contributed by atoms with van der Waals surface area (Å²) in [5.41, 5.74) is 3.91. The molecule has 0 bridgehead atoms. The molecule has 0 saturated heterocycles. The second kappa shape index (κ2) is 8.21. The van der Waals surface area contributed by atoms with Gasteiger partial charge in [0.15, 0.2) is 17.3 Å². The third-order valence-electron chi connectivity index (χ3n) is 4.95. The van der Waals surface area contributed by atoms with Crippen LogP contribution in [0.25, 0.3) is 0 Å². The Morgan fingerprint density at radius 2 is 1.93 bits per heavy atom. The maximum absolute atomic E-state index is 12.4. The molecular weight excluding hydrogens is 386 g/mol. The maximum atomic E-state index is 12.4. The van der Waals surface area contributed by atoms with E-state index in [0.29, 0.717) is 23.9 Å². The molecule has 1 aromatic heterocycles. The van der Waals surface area contributed by atoms with Crippen LogP contribution in [0.1, 0.15) is 34.6 Å². The van der Waals surface area contributed by atoms with Crippen molar-refractivity contribution in [1.82, 2.24) is 10.2 Å². The molecule has 0 fully saturated rings. The number of aromatic nitrogens is 2. The predicted octanol–water partition coefficient (Wildman–Crippen LogP) is 4.47. The second-order valence-corrected chi connectivity index (χ2v) is 8.36. The van der Waals surface area contributed by atoms with Gasteiger partial charge in [-0.25, -0.2) is 0 Å². The molecule has 2 heterocycles. The average molecular weight is 410 g/mol. The number of carbonyl (C=O) groups excluding carboxylic acids is 1. The van der Waals surface area contributed by atoms with Gasteiger partial charge in [0, 0.05) is 16.8 Å². The first kappa shape index (κ1) is 19.4. The first-order valence-corrected chi connectivity index (χ1v) is 10.4. The lowest BCUT2D eigenvalue weighted by molar-refractivity contribution is -0.115. The summed E-state index contributed by atoms with van der Waals surface area (Å²) in [6.45, 7) is 4.30. The van der Waals surface area contributed by atoms with Gasteiger partial charge in [-0.1, -0.05) is 42.5 Å². The van der Waals surface area contributed by atoms with E-state index in [2.05, 4.69) is 15.5 Å². The number of para-hydroxylation sites is 1. The molecule has 0 aliphatic carbocycles. The summed E-state index contributed by atoms with van der Waals surface area (Å²) in [5.74, 6) is 1.87. The Kier molecular flexibility index (Phi) is 5.49. The number of hydrogen-bond donors (Lipinski definition) is 2. The Morgan fingerprint density at radius 3 is 2.69 bits per heavy atom. The smallest absolute Gasteiger partial charge is 0.238 e. The number of nitrogens with zero attached hydrogens (tertiary/aromatic N) is 1. The monoisotopic (exact) mass is 409 g/mol. The third-order valence-corrected chi connectivity index (χ3v) is 6.33. The fourth-order valence-electron chi connectivity index (χ4n) is 3.42. The molecule has 2 atom stereocenters. The van der Waals surface area contributed by atoms with Crippen molar-refractivity contribution >= 4 is 23.5 Å². The molecule has 0 saturated carbocycles. The second-order valence-electron chi connectivity index (χ2n) is 6.91. The van der Waals surface area contributed by atoms with E-state index in [1.54, 1.807) is 18.9 Å². The Hall–Kier alpha value is -2.93. The zero-order chi connectivity index (χ0) is 20.4. The average Bonchev–Trinajstić information content (AvgIpc) is 3.04. The van der Waals surface area contributed by atoms with Crippen LogP contribution in [-0.2, 0) is 11.4 Å². The van der Waals surface area contributed by atoms with Crippen molar-refractivity contribution in [3.63, 3.8) is 0 Å². The number of thioether (sulfide) groups is 1. The molecule has 150 valence electrons. The van der Waals surface area contributed by atoms with Gasteiger partial charge in [0.05, 0.1) is 17.6 Å². The number of carbonyl (C=O) groups is 1. The van der Waals surface area contributed by atoms with E-state index in [0.717, 1.165) is 22.4 Å². The van der Waals surface area contributed by atoms with Gasteiger partial charge < -0.3 is 14.8 Å². The molecule has 1 aliphatic heterocycles. The van der Waals surface area contributed by atoms with Crippen molar-refractivity contribution < 1.29 is 14.3 Å². The minimum Gasteiger partial charge on any atom is -0.493 e. The number of benzene rings is 2. The highest BCUT2D eigenvalue weighted by molar-refractivity contribution is 8.01. The Bertz CT molecular complexity index is 1020. The molecule has 2 aromatic carbocycles. The quantitative estimate of drug-likeness (QED) is 0.650. The Morgan fingerprint density at radius 1 is 1.14 bits per heavy atom. The number of fused-ring (bicyclic) bond motifs is 1. The van der Waals surface area contributed by atoms with Gasteiger partial charge in [0.1, 0.15) is 6.61 Å². The van der Waals surface area contributed by atoms with E-state index in [4.69, 9.17) is 9.47 Å². The van der Waals surface area contributed by atoms with Gasteiger partial charge >= 0.3 is 0 Å². The summed E-state index contributed by atoms with van der Waals surface area (Å²) in [4.78, 5) is 12.4. The fraction of sp³-hybridized carbons (Fsp3) is 0.273. The number of nitrogens with one attached hydrogen (secondary N) is 2. The number of ether oxygens (including phenoxy) is 2. The first-order chi connectivity index (χ1) is 14.1. The lowest BCUT2D eigenvalue weighted by atomic mass is 10.0. The standard InChI is InChI=1S/C22H23N3O3S/c1-13-18-20(29-14(2)22(26)23-21(18)25-24-13)16-10-7-11-17(27-3)19(16)28-12-15-8-5-4-6-9-15/h4-11,14,20H,12H2,1-3H3,(H2,23,24,25,26). The van der Waals surface area contributed by atoms with Crippen LogP contribution in [0.4, 0.5) is 5.82 Å². The number of aromatic amines is 1. The van der Waals surface area contributed by atoms with E-state index in [-0.39, 0.29) is 16.4 Å². The molecule has 1 amide bonds. The number of H-pyrrole nitrogens is 1. The predicted molar refractivity (Wildman–Crippen MR) is 115 cm³/mol. The van der Waals surface area contributed by atoms with E-state index in [9.17, 15) is 4.79 Å². The highest BCUT2D eigenvalue weighted by Gasteiger charge is 2.34. The van der Waals surface area contributed by atoms with Crippen molar-refractivity contribution in [2.75, 3.05) is 12.4 Å². The maximum Gasteiger partial charge on any atom is 0.238 e. The lowest BCUT2D eigenvalue weighted by Gasteiger charge is -2.22. The number of hydrogen-bond acceptors (Lipinski definition) is 5. The van der Waals surface area contributed by atoms with E-state index < -0.39 is 0 Å².